The number of ether oxygens (including phenoxy) is 1. The summed E-state index contributed by atoms with van der Waals surface area (Å²) < 4.78 is 5.25. The van der Waals surface area contributed by atoms with Crippen LogP contribution in [0.2, 0.25) is 0 Å². The minimum atomic E-state index is 0.738. The van der Waals surface area contributed by atoms with Crippen molar-refractivity contribution in [1.82, 2.24) is 4.90 Å². The van der Waals surface area contributed by atoms with Crippen molar-refractivity contribution in [3.63, 3.8) is 0 Å². The van der Waals surface area contributed by atoms with Crippen LogP contribution in [-0.2, 0) is 6.54 Å². The summed E-state index contributed by atoms with van der Waals surface area (Å²) in [5, 5.41) is 0. The highest BCUT2D eigenvalue weighted by Crippen LogP contribution is 2.25. The van der Waals surface area contributed by atoms with Crippen molar-refractivity contribution in [3.8, 4) is 5.75 Å². The molecule has 1 unspecified atom stereocenters. The van der Waals surface area contributed by atoms with Gasteiger partial charge >= 0.3 is 0 Å². The first-order valence-corrected chi connectivity index (χ1v) is 6.40. The number of hydrogen-bond acceptors (Lipinski definition) is 3. The molecule has 1 aromatic carbocycles. The fourth-order valence-electron chi connectivity index (χ4n) is 2.70. The third-order valence-electron chi connectivity index (χ3n) is 3.58. The highest BCUT2D eigenvalue weighted by molar-refractivity contribution is 5.47. The fourth-order valence-corrected chi connectivity index (χ4v) is 2.70. The van der Waals surface area contributed by atoms with Gasteiger partial charge < -0.3 is 10.5 Å². The zero-order valence-electron chi connectivity index (χ0n) is 10.8. The standard InChI is InChI=1S/C14H22N2O/c1-3-13-5-4-6-16(13)10-11-7-12(15)9-14(8-11)17-2/h7-9,13H,3-6,10,15H2,1-2H3. The number of rotatable bonds is 4. The maximum Gasteiger partial charge on any atom is 0.121 e. The molecule has 94 valence electrons. The number of nitrogen functional groups attached to an aromatic ring is 1. The summed E-state index contributed by atoms with van der Waals surface area (Å²) in [6.07, 6.45) is 3.88. The van der Waals surface area contributed by atoms with E-state index < -0.39 is 0 Å². The number of anilines is 1. The van der Waals surface area contributed by atoms with Crippen molar-refractivity contribution >= 4 is 5.69 Å². The molecular weight excluding hydrogens is 212 g/mol. The molecule has 1 aliphatic heterocycles. The lowest BCUT2D eigenvalue weighted by Gasteiger charge is -2.23. The Morgan fingerprint density at radius 1 is 1.41 bits per heavy atom. The monoisotopic (exact) mass is 234 g/mol. The van der Waals surface area contributed by atoms with E-state index in [9.17, 15) is 0 Å². The summed E-state index contributed by atoms with van der Waals surface area (Å²) in [5.74, 6) is 0.854. The molecule has 17 heavy (non-hydrogen) atoms. The maximum absolute atomic E-state index is 5.88. The van der Waals surface area contributed by atoms with Crippen LogP contribution in [0.15, 0.2) is 18.2 Å². The van der Waals surface area contributed by atoms with Gasteiger partial charge in [-0.15, -0.1) is 0 Å². The van der Waals surface area contributed by atoms with E-state index >= 15 is 0 Å². The van der Waals surface area contributed by atoms with Crippen molar-refractivity contribution in [2.75, 3.05) is 19.4 Å². The van der Waals surface area contributed by atoms with Crippen molar-refractivity contribution < 1.29 is 4.74 Å². The zero-order valence-corrected chi connectivity index (χ0v) is 10.8. The number of hydrogen-bond donors (Lipinski definition) is 1. The minimum absolute atomic E-state index is 0.738. The molecule has 0 spiro atoms. The van der Waals surface area contributed by atoms with Crippen molar-refractivity contribution in [3.05, 3.63) is 23.8 Å². The van der Waals surface area contributed by atoms with Gasteiger partial charge in [-0.3, -0.25) is 4.90 Å². The molecule has 0 saturated carbocycles. The van der Waals surface area contributed by atoms with Crippen molar-refractivity contribution in [2.45, 2.75) is 38.8 Å². The van der Waals surface area contributed by atoms with Crippen LogP contribution in [0.25, 0.3) is 0 Å². The summed E-state index contributed by atoms with van der Waals surface area (Å²) in [4.78, 5) is 2.55. The van der Waals surface area contributed by atoms with Crippen LogP contribution in [0.4, 0.5) is 5.69 Å². The van der Waals surface area contributed by atoms with Gasteiger partial charge in [0.2, 0.25) is 0 Å². The molecular formula is C14H22N2O. The van der Waals surface area contributed by atoms with Crippen LogP contribution >= 0.6 is 0 Å². The van der Waals surface area contributed by atoms with E-state index in [0.29, 0.717) is 0 Å². The second-order valence-electron chi connectivity index (χ2n) is 4.79. The van der Waals surface area contributed by atoms with Crippen molar-refractivity contribution in [1.29, 1.82) is 0 Å². The molecule has 1 saturated heterocycles. The molecule has 0 amide bonds. The second kappa shape index (κ2) is 5.41. The van der Waals surface area contributed by atoms with Gasteiger partial charge in [-0.05, 0) is 43.5 Å². The van der Waals surface area contributed by atoms with Crippen LogP contribution in [0.3, 0.4) is 0 Å². The lowest BCUT2D eigenvalue weighted by Crippen LogP contribution is -2.28. The smallest absolute Gasteiger partial charge is 0.121 e. The predicted molar refractivity (Wildman–Crippen MR) is 71.1 cm³/mol. The molecule has 0 radical (unpaired) electrons. The third kappa shape index (κ3) is 2.91. The van der Waals surface area contributed by atoms with Crippen LogP contribution in [-0.4, -0.2) is 24.6 Å². The highest BCUT2D eigenvalue weighted by Gasteiger charge is 2.22. The summed E-state index contributed by atoms with van der Waals surface area (Å²) in [6, 6.07) is 6.74. The average molecular weight is 234 g/mol. The lowest BCUT2D eigenvalue weighted by molar-refractivity contribution is 0.240. The molecule has 2 rings (SSSR count). The Kier molecular flexibility index (Phi) is 3.89. The first-order valence-electron chi connectivity index (χ1n) is 6.40. The predicted octanol–water partition coefficient (Wildman–Crippen LogP) is 2.65. The fraction of sp³-hybridized carbons (Fsp3) is 0.571. The van der Waals surface area contributed by atoms with E-state index in [4.69, 9.17) is 10.5 Å². The third-order valence-corrected chi connectivity index (χ3v) is 3.58. The average Bonchev–Trinajstić information content (AvgIpc) is 2.75. The van der Waals surface area contributed by atoms with Gasteiger partial charge in [0.1, 0.15) is 5.75 Å². The summed E-state index contributed by atoms with van der Waals surface area (Å²) >= 11 is 0. The van der Waals surface area contributed by atoms with E-state index in [0.717, 1.165) is 24.0 Å². The highest BCUT2D eigenvalue weighted by atomic mass is 16.5. The molecule has 0 bridgehead atoms. The Labute approximate surface area is 104 Å². The van der Waals surface area contributed by atoms with Gasteiger partial charge in [-0.1, -0.05) is 6.92 Å². The van der Waals surface area contributed by atoms with Crippen LogP contribution in [0.1, 0.15) is 31.7 Å². The summed E-state index contributed by atoms with van der Waals surface area (Å²) in [7, 11) is 1.68. The topological polar surface area (TPSA) is 38.5 Å². The summed E-state index contributed by atoms with van der Waals surface area (Å²) in [5.41, 5.74) is 7.91. The van der Waals surface area contributed by atoms with Gasteiger partial charge in [-0.2, -0.15) is 0 Å². The number of nitrogens with zero attached hydrogens (tertiary/aromatic N) is 1. The van der Waals surface area contributed by atoms with E-state index in [1.165, 1.54) is 31.4 Å². The molecule has 0 aliphatic carbocycles. The second-order valence-corrected chi connectivity index (χ2v) is 4.79. The number of methoxy groups -OCH3 is 1. The Morgan fingerprint density at radius 2 is 2.24 bits per heavy atom. The Morgan fingerprint density at radius 3 is 2.94 bits per heavy atom. The zero-order chi connectivity index (χ0) is 12.3. The van der Waals surface area contributed by atoms with E-state index in [1.54, 1.807) is 7.11 Å². The largest absolute Gasteiger partial charge is 0.497 e. The molecule has 1 aliphatic rings. The van der Waals surface area contributed by atoms with E-state index in [2.05, 4.69) is 17.9 Å². The van der Waals surface area contributed by atoms with Gasteiger partial charge in [0, 0.05) is 24.3 Å². The quantitative estimate of drug-likeness (QED) is 0.814. The Bertz CT molecular complexity index is 378. The van der Waals surface area contributed by atoms with E-state index in [-0.39, 0.29) is 0 Å². The maximum atomic E-state index is 5.88. The molecule has 3 heteroatoms. The lowest BCUT2D eigenvalue weighted by atomic mass is 10.1. The van der Waals surface area contributed by atoms with Crippen LogP contribution in [0.5, 0.6) is 5.75 Å². The Hall–Kier alpha value is -1.22. The number of benzene rings is 1. The minimum Gasteiger partial charge on any atom is -0.497 e. The number of likely N-dealkylation sites (tertiary alicyclic amines) is 1. The molecule has 1 atom stereocenters. The molecule has 1 heterocycles. The van der Waals surface area contributed by atoms with Gasteiger partial charge in [0.25, 0.3) is 0 Å². The first-order chi connectivity index (χ1) is 8.22. The normalized spacial score (nSPS) is 20.7. The number of nitrogens with two attached hydrogens (primary N) is 1. The van der Waals surface area contributed by atoms with Gasteiger partial charge in [0.05, 0.1) is 7.11 Å². The van der Waals surface area contributed by atoms with Gasteiger partial charge in [0.15, 0.2) is 0 Å². The van der Waals surface area contributed by atoms with Crippen molar-refractivity contribution in [2.24, 2.45) is 0 Å². The molecule has 2 N–H and O–H groups in total. The molecule has 0 aromatic heterocycles. The summed E-state index contributed by atoms with van der Waals surface area (Å²) in [6.45, 7) is 4.46. The van der Waals surface area contributed by atoms with Gasteiger partial charge in [-0.25, -0.2) is 0 Å². The van der Waals surface area contributed by atoms with Crippen LogP contribution in [0, 0.1) is 0 Å². The molecule has 3 nitrogen and oxygen atoms in total. The van der Waals surface area contributed by atoms with Crippen LogP contribution < -0.4 is 10.5 Å². The van der Waals surface area contributed by atoms with E-state index in [1.807, 2.05) is 12.1 Å². The molecule has 1 aromatic rings. The first kappa shape index (κ1) is 12.2. The molecule has 1 fully saturated rings. The SMILES string of the molecule is CCC1CCCN1Cc1cc(N)cc(OC)c1. The Balaban J connectivity index is 2.09.